The molecule has 0 bridgehead atoms. The van der Waals surface area contributed by atoms with Crippen LogP contribution in [0.15, 0.2) is 12.1 Å². The van der Waals surface area contributed by atoms with Crippen molar-refractivity contribution in [2.45, 2.75) is 39.2 Å². The summed E-state index contributed by atoms with van der Waals surface area (Å²) >= 11 is 0. The van der Waals surface area contributed by atoms with Crippen LogP contribution in [0.1, 0.15) is 42.0 Å². The summed E-state index contributed by atoms with van der Waals surface area (Å²) in [6.07, 6.45) is 4.07. The maximum atomic E-state index is 5.85. The Morgan fingerprint density at radius 2 is 1.89 bits per heavy atom. The standard InChI is InChI=1S/C16H24N2O/c1-9-4-5-14(16(19-3)10(9)2)15(18-17)13-7-11-6-12(11)8-13/h4-5,11-13,15,18H,6-8,17H2,1-3H3. The van der Waals surface area contributed by atoms with Crippen LogP contribution < -0.4 is 16.0 Å². The summed E-state index contributed by atoms with van der Waals surface area (Å²) < 4.78 is 5.64. The van der Waals surface area contributed by atoms with E-state index in [1.165, 1.54) is 36.0 Å². The zero-order valence-corrected chi connectivity index (χ0v) is 12.1. The average Bonchev–Trinajstić information content (AvgIpc) is 3.02. The molecule has 19 heavy (non-hydrogen) atoms. The summed E-state index contributed by atoms with van der Waals surface area (Å²) in [5, 5.41) is 0. The van der Waals surface area contributed by atoms with E-state index in [0.29, 0.717) is 5.92 Å². The average molecular weight is 260 g/mol. The van der Waals surface area contributed by atoms with Crippen LogP contribution in [0.2, 0.25) is 0 Å². The Morgan fingerprint density at radius 1 is 1.21 bits per heavy atom. The van der Waals surface area contributed by atoms with E-state index in [2.05, 4.69) is 31.4 Å². The highest BCUT2D eigenvalue weighted by Crippen LogP contribution is 2.57. The lowest BCUT2D eigenvalue weighted by Gasteiger charge is -2.27. The number of methoxy groups -OCH3 is 1. The van der Waals surface area contributed by atoms with E-state index in [4.69, 9.17) is 10.6 Å². The first-order chi connectivity index (χ1) is 9.15. The van der Waals surface area contributed by atoms with Gasteiger partial charge >= 0.3 is 0 Å². The third-order valence-corrected chi connectivity index (χ3v) is 5.18. The van der Waals surface area contributed by atoms with Crippen molar-refractivity contribution < 1.29 is 4.74 Å². The van der Waals surface area contributed by atoms with Crippen molar-refractivity contribution in [3.8, 4) is 5.75 Å². The largest absolute Gasteiger partial charge is 0.496 e. The van der Waals surface area contributed by atoms with Gasteiger partial charge in [0.2, 0.25) is 0 Å². The highest BCUT2D eigenvalue weighted by Gasteiger charge is 2.48. The number of nitrogens with two attached hydrogens (primary N) is 1. The number of aryl methyl sites for hydroxylation is 1. The lowest BCUT2D eigenvalue weighted by molar-refractivity contribution is 0.328. The number of hydrazine groups is 1. The number of ether oxygens (including phenoxy) is 1. The van der Waals surface area contributed by atoms with Crippen molar-refractivity contribution in [1.29, 1.82) is 0 Å². The Labute approximate surface area is 115 Å². The molecule has 3 rings (SSSR count). The predicted octanol–water partition coefficient (Wildman–Crippen LogP) is 2.86. The van der Waals surface area contributed by atoms with Gasteiger partial charge in [-0.2, -0.15) is 0 Å². The Bertz CT molecular complexity index is 476. The summed E-state index contributed by atoms with van der Waals surface area (Å²) in [7, 11) is 1.75. The first kappa shape index (κ1) is 12.9. The fraction of sp³-hybridized carbons (Fsp3) is 0.625. The van der Waals surface area contributed by atoms with Gasteiger partial charge < -0.3 is 4.74 Å². The molecule has 0 radical (unpaired) electrons. The van der Waals surface area contributed by atoms with Gasteiger partial charge in [-0.25, -0.2) is 0 Å². The van der Waals surface area contributed by atoms with Crippen LogP contribution in [0.25, 0.3) is 0 Å². The molecule has 2 aliphatic carbocycles. The Balaban J connectivity index is 1.92. The quantitative estimate of drug-likeness (QED) is 0.646. The highest BCUT2D eigenvalue weighted by molar-refractivity contribution is 5.47. The molecule has 0 aromatic heterocycles. The summed E-state index contributed by atoms with van der Waals surface area (Å²) in [5.74, 6) is 9.45. The van der Waals surface area contributed by atoms with Crippen molar-refractivity contribution >= 4 is 0 Å². The minimum Gasteiger partial charge on any atom is -0.496 e. The minimum absolute atomic E-state index is 0.224. The second kappa shape index (κ2) is 4.80. The van der Waals surface area contributed by atoms with Gasteiger partial charge in [-0.05, 0) is 62.0 Å². The van der Waals surface area contributed by atoms with Crippen LogP contribution in [0.5, 0.6) is 5.75 Å². The topological polar surface area (TPSA) is 47.3 Å². The molecule has 104 valence electrons. The Morgan fingerprint density at radius 3 is 2.47 bits per heavy atom. The first-order valence-corrected chi connectivity index (χ1v) is 7.26. The maximum absolute atomic E-state index is 5.85. The van der Waals surface area contributed by atoms with E-state index < -0.39 is 0 Å². The molecule has 2 aliphatic rings. The van der Waals surface area contributed by atoms with Gasteiger partial charge in [0.05, 0.1) is 13.2 Å². The highest BCUT2D eigenvalue weighted by atomic mass is 16.5. The third-order valence-electron chi connectivity index (χ3n) is 5.18. The van der Waals surface area contributed by atoms with Crippen LogP contribution >= 0.6 is 0 Å². The number of hydrogen-bond donors (Lipinski definition) is 2. The SMILES string of the molecule is COc1c(C(NN)C2CC3CC3C2)ccc(C)c1C. The molecule has 3 N–H and O–H groups in total. The number of nitrogens with one attached hydrogen (secondary N) is 1. The molecule has 0 saturated heterocycles. The molecule has 1 aromatic rings. The van der Waals surface area contributed by atoms with Crippen LogP contribution in [-0.2, 0) is 0 Å². The van der Waals surface area contributed by atoms with Crippen LogP contribution in [0.3, 0.4) is 0 Å². The second-order valence-corrected chi connectivity index (χ2v) is 6.26. The lowest BCUT2D eigenvalue weighted by Crippen LogP contribution is -2.33. The molecule has 3 heteroatoms. The van der Waals surface area contributed by atoms with Crippen molar-refractivity contribution in [3.63, 3.8) is 0 Å². The molecule has 3 unspecified atom stereocenters. The van der Waals surface area contributed by atoms with Crippen LogP contribution in [0, 0.1) is 31.6 Å². The van der Waals surface area contributed by atoms with Crippen molar-refractivity contribution in [2.75, 3.05) is 7.11 Å². The first-order valence-electron chi connectivity index (χ1n) is 7.26. The molecule has 3 nitrogen and oxygen atoms in total. The maximum Gasteiger partial charge on any atom is 0.126 e. The number of benzene rings is 1. The molecule has 1 aromatic carbocycles. The summed E-state index contributed by atoms with van der Waals surface area (Å²) in [6, 6.07) is 4.57. The van der Waals surface area contributed by atoms with Gasteiger partial charge in [-0.15, -0.1) is 0 Å². The molecule has 2 fully saturated rings. The summed E-state index contributed by atoms with van der Waals surface area (Å²) in [6.45, 7) is 4.24. The van der Waals surface area contributed by atoms with E-state index in [1.807, 2.05) is 0 Å². The number of rotatable bonds is 4. The zero-order chi connectivity index (χ0) is 13.6. The van der Waals surface area contributed by atoms with Crippen LogP contribution in [-0.4, -0.2) is 7.11 Å². The van der Waals surface area contributed by atoms with Gasteiger partial charge in [-0.1, -0.05) is 12.1 Å². The normalized spacial score (nSPS) is 30.0. The molecule has 0 spiro atoms. The molecular weight excluding hydrogens is 236 g/mol. The summed E-state index contributed by atoms with van der Waals surface area (Å²) in [4.78, 5) is 0. The van der Waals surface area contributed by atoms with E-state index in [0.717, 1.165) is 17.6 Å². The second-order valence-electron chi connectivity index (χ2n) is 6.26. The van der Waals surface area contributed by atoms with Crippen molar-refractivity contribution in [3.05, 3.63) is 28.8 Å². The fourth-order valence-corrected chi connectivity index (χ4v) is 3.84. The van der Waals surface area contributed by atoms with Gasteiger partial charge in [0, 0.05) is 5.56 Å². The van der Waals surface area contributed by atoms with E-state index in [1.54, 1.807) is 7.11 Å². The van der Waals surface area contributed by atoms with Crippen molar-refractivity contribution in [1.82, 2.24) is 5.43 Å². The molecule has 3 atom stereocenters. The van der Waals surface area contributed by atoms with Crippen LogP contribution in [0.4, 0.5) is 0 Å². The number of hydrogen-bond acceptors (Lipinski definition) is 3. The predicted molar refractivity (Wildman–Crippen MR) is 76.9 cm³/mol. The van der Waals surface area contributed by atoms with Gasteiger partial charge in [0.1, 0.15) is 5.75 Å². The smallest absolute Gasteiger partial charge is 0.126 e. The van der Waals surface area contributed by atoms with E-state index >= 15 is 0 Å². The third kappa shape index (κ3) is 2.15. The van der Waals surface area contributed by atoms with E-state index in [-0.39, 0.29) is 6.04 Å². The van der Waals surface area contributed by atoms with Gasteiger partial charge in [-0.3, -0.25) is 11.3 Å². The van der Waals surface area contributed by atoms with Gasteiger partial charge in [0.15, 0.2) is 0 Å². The van der Waals surface area contributed by atoms with E-state index in [9.17, 15) is 0 Å². The van der Waals surface area contributed by atoms with Gasteiger partial charge in [0.25, 0.3) is 0 Å². The molecule has 2 saturated carbocycles. The zero-order valence-electron chi connectivity index (χ0n) is 12.1. The molecule has 0 heterocycles. The minimum atomic E-state index is 0.224. The molecular formula is C16H24N2O. The van der Waals surface area contributed by atoms with Crippen molar-refractivity contribution in [2.24, 2.45) is 23.6 Å². The summed E-state index contributed by atoms with van der Waals surface area (Å²) in [5.41, 5.74) is 6.76. The molecule has 0 aliphatic heterocycles. The molecule has 0 amide bonds. The Kier molecular flexibility index (Phi) is 3.27. The number of fused-ring (bicyclic) bond motifs is 1. The lowest BCUT2D eigenvalue weighted by atomic mass is 9.87. The Hall–Kier alpha value is -1.06. The monoisotopic (exact) mass is 260 g/mol. The fourth-order valence-electron chi connectivity index (χ4n) is 3.84.